The molecule has 2 rings (SSSR count). The van der Waals surface area contributed by atoms with Crippen LogP contribution in [0, 0.1) is 0 Å². The number of carbonyl (C=O) groups is 1. The number of aryl methyl sites for hydroxylation is 1. The second-order valence-electron chi connectivity index (χ2n) is 4.03. The highest BCUT2D eigenvalue weighted by Gasteiger charge is 2.19. The van der Waals surface area contributed by atoms with Crippen LogP contribution in [0.1, 0.15) is 28.5 Å². The molecule has 100 valence electrons. The van der Waals surface area contributed by atoms with Crippen molar-refractivity contribution in [3.63, 3.8) is 0 Å². The van der Waals surface area contributed by atoms with Crippen molar-refractivity contribution in [2.45, 2.75) is 19.9 Å². The number of hydrogen-bond acceptors (Lipinski definition) is 4. The molecule has 2 aromatic rings. The Hall–Kier alpha value is -2.01. The minimum atomic E-state index is -0.545. The third kappa shape index (κ3) is 3.06. The Kier molecular flexibility index (Phi) is 4.06. The van der Waals surface area contributed by atoms with Gasteiger partial charge < -0.3 is 15.6 Å². The zero-order chi connectivity index (χ0) is 13.8. The molecule has 0 spiro atoms. The predicted octanol–water partition coefficient (Wildman–Crippen LogP) is 2.60. The summed E-state index contributed by atoms with van der Waals surface area (Å²) in [6.07, 6.45) is 0.588. The number of nitrogens with zero attached hydrogens (tertiary/aromatic N) is 1. The summed E-state index contributed by atoms with van der Waals surface area (Å²) in [6, 6.07) is 7.36. The first-order valence-electron chi connectivity index (χ1n) is 5.88. The smallest absolute Gasteiger partial charge is 0.256 e. The van der Waals surface area contributed by atoms with E-state index in [2.05, 4.69) is 10.5 Å². The van der Waals surface area contributed by atoms with E-state index in [-0.39, 0.29) is 0 Å². The summed E-state index contributed by atoms with van der Waals surface area (Å²) in [7, 11) is 0. The van der Waals surface area contributed by atoms with Crippen molar-refractivity contribution in [2.75, 3.05) is 5.32 Å². The Labute approximate surface area is 115 Å². The molecule has 0 bridgehead atoms. The Bertz CT molecular complexity index is 578. The second-order valence-corrected chi connectivity index (χ2v) is 4.47. The number of aromatic nitrogens is 1. The number of rotatable bonds is 5. The van der Waals surface area contributed by atoms with E-state index in [1.54, 1.807) is 12.1 Å². The summed E-state index contributed by atoms with van der Waals surface area (Å²) in [5.41, 5.74) is 7.21. The first kappa shape index (κ1) is 13.4. The zero-order valence-corrected chi connectivity index (χ0v) is 11.2. The molecule has 0 saturated carbocycles. The fourth-order valence-corrected chi connectivity index (χ4v) is 1.85. The van der Waals surface area contributed by atoms with E-state index in [0.29, 0.717) is 35.1 Å². The Morgan fingerprint density at radius 1 is 1.42 bits per heavy atom. The van der Waals surface area contributed by atoms with Crippen LogP contribution in [0.15, 0.2) is 28.8 Å². The normalized spacial score (nSPS) is 10.4. The molecule has 5 nitrogen and oxygen atoms in total. The van der Waals surface area contributed by atoms with Gasteiger partial charge in [0.1, 0.15) is 5.56 Å². The summed E-state index contributed by atoms with van der Waals surface area (Å²) < 4.78 is 5.11. The van der Waals surface area contributed by atoms with Crippen molar-refractivity contribution >= 4 is 23.4 Å². The lowest BCUT2D eigenvalue weighted by molar-refractivity contribution is 0.1000. The minimum absolute atomic E-state index is 0.305. The zero-order valence-electron chi connectivity index (χ0n) is 10.4. The lowest BCUT2D eigenvalue weighted by Crippen LogP contribution is -2.15. The Morgan fingerprint density at radius 3 is 2.68 bits per heavy atom. The van der Waals surface area contributed by atoms with E-state index < -0.39 is 5.91 Å². The summed E-state index contributed by atoms with van der Waals surface area (Å²) in [6.45, 7) is 2.38. The van der Waals surface area contributed by atoms with Gasteiger partial charge in [-0.15, -0.1) is 0 Å². The van der Waals surface area contributed by atoms with Crippen LogP contribution in [-0.2, 0) is 13.0 Å². The van der Waals surface area contributed by atoms with Gasteiger partial charge in [0, 0.05) is 11.6 Å². The number of nitrogens with two attached hydrogens (primary N) is 1. The second kappa shape index (κ2) is 5.75. The van der Waals surface area contributed by atoms with E-state index in [9.17, 15) is 4.79 Å². The fraction of sp³-hybridized carbons (Fsp3) is 0.231. The van der Waals surface area contributed by atoms with Gasteiger partial charge in [0.05, 0.1) is 5.69 Å². The number of halogens is 1. The number of primary amides is 1. The minimum Gasteiger partial charge on any atom is -0.365 e. The molecule has 1 aromatic carbocycles. The van der Waals surface area contributed by atoms with Gasteiger partial charge in [-0.05, 0) is 24.1 Å². The molecule has 0 radical (unpaired) electrons. The SMILES string of the molecule is CCc1noc(NCc2ccc(Cl)cc2)c1C(N)=O. The molecule has 0 unspecified atom stereocenters. The Balaban J connectivity index is 2.13. The number of amides is 1. The summed E-state index contributed by atoms with van der Waals surface area (Å²) >= 11 is 5.81. The molecule has 1 amide bonds. The molecule has 1 heterocycles. The van der Waals surface area contributed by atoms with Crippen molar-refractivity contribution in [2.24, 2.45) is 5.73 Å². The average Bonchev–Trinajstić information content (AvgIpc) is 2.81. The third-order valence-corrected chi connectivity index (χ3v) is 2.96. The van der Waals surface area contributed by atoms with E-state index in [1.807, 2.05) is 19.1 Å². The topological polar surface area (TPSA) is 81.2 Å². The highest BCUT2D eigenvalue weighted by molar-refractivity contribution is 6.30. The van der Waals surface area contributed by atoms with E-state index in [0.717, 1.165) is 5.56 Å². The number of hydrogen-bond donors (Lipinski definition) is 2. The third-order valence-electron chi connectivity index (χ3n) is 2.71. The lowest BCUT2D eigenvalue weighted by Gasteiger charge is -2.04. The molecule has 0 fully saturated rings. The van der Waals surface area contributed by atoms with Crippen molar-refractivity contribution in [1.29, 1.82) is 0 Å². The maximum Gasteiger partial charge on any atom is 0.256 e. The van der Waals surface area contributed by atoms with Crippen LogP contribution in [-0.4, -0.2) is 11.1 Å². The van der Waals surface area contributed by atoms with Gasteiger partial charge >= 0.3 is 0 Å². The maximum atomic E-state index is 11.4. The lowest BCUT2D eigenvalue weighted by atomic mass is 10.2. The first-order valence-corrected chi connectivity index (χ1v) is 6.26. The van der Waals surface area contributed by atoms with Crippen LogP contribution in [0.2, 0.25) is 5.02 Å². The highest BCUT2D eigenvalue weighted by atomic mass is 35.5. The van der Waals surface area contributed by atoms with Crippen molar-refractivity contribution in [3.8, 4) is 0 Å². The van der Waals surface area contributed by atoms with Gasteiger partial charge in [-0.2, -0.15) is 0 Å². The number of carbonyl (C=O) groups excluding carboxylic acids is 1. The van der Waals surface area contributed by atoms with Crippen LogP contribution in [0.5, 0.6) is 0 Å². The number of benzene rings is 1. The molecule has 3 N–H and O–H groups in total. The average molecular weight is 280 g/mol. The Morgan fingerprint density at radius 2 is 2.11 bits per heavy atom. The van der Waals surface area contributed by atoms with Crippen LogP contribution in [0.4, 0.5) is 5.88 Å². The molecule has 0 saturated heterocycles. The first-order chi connectivity index (χ1) is 9.11. The molecule has 0 aliphatic rings. The van der Waals surface area contributed by atoms with Crippen molar-refractivity contribution < 1.29 is 9.32 Å². The standard InChI is InChI=1S/C13H14ClN3O2/c1-2-10-11(12(15)18)13(19-17-10)16-7-8-3-5-9(14)6-4-8/h3-6,16H,2,7H2,1H3,(H2,15,18). The summed E-state index contributed by atoms with van der Waals surface area (Å²) in [5, 5.41) is 7.51. The van der Waals surface area contributed by atoms with Crippen molar-refractivity contribution in [1.82, 2.24) is 5.16 Å². The van der Waals surface area contributed by atoms with Crippen LogP contribution in [0.3, 0.4) is 0 Å². The van der Waals surface area contributed by atoms with Crippen molar-refractivity contribution in [3.05, 3.63) is 46.1 Å². The van der Waals surface area contributed by atoms with E-state index >= 15 is 0 Å². The van der Waals surface area contributed by atoms with Crippen LogP contribution >= 0.6 is 11.6 Å². The van der Waals surface area contributed by atoms with E-state index in [1.165, 1.54) is 0 Å². The van der Waals surface area contributed by atoms with Gasteiger partial charge in [-0.25, -0.2) is 0 Å². The largest absolute Gasteiger partial charge is 0.365 e. The quantitative estimate of drug-likeness (QED) is 0.881. The molecular formula is C13H14ClN3O2. The summed E-state index contributed by atoms with van der Waals surface area (Å²) in [4.78, 5) is 11.4. The van der Waals surface area contributed by atoms with Gasteiger partial charge in [0.15, 0.2) is 0 Å². The number of nitrogens with one attached hydrogen (secondary N) is 1. The molecule has 6 heteroatoms. The van der Waals surface area contributed by atoms with Crippen LogP contribution in [0.25, 0.3) is 0 Å². The van der Waals surface area contributed by atoms with Gasteiger partial charge in [-0.3, -0.25) is 4.79 Å². The van der Waals surface area contributed by atoms with Crippen LogP contribution < -0.4 is 11.1 Å². The fourth-order valence-electron chi connectivity index (χ4n) is 1.72. The molecule has 19 heavy (non-hydrogen) atoms. The maximum absolute atomic E-state index is 11.4. The molecule has 0 aliphatic heterocycles. The van der Waals surface area contributed by atoms with Gasteiger partial charge in [0.2, 0.25) is 5.88 Å². The predicted molar refractivity (Wildman–Crippen MR) is 73.2 cm³/mol. The highest BCUT2D eigenvalue weighted by Crippen LogP contribution is 2.20. The molecule has 1 aromatic heterocycles. The van der Waals surface area contributed by atoms with Gasteiger partial charge in [-0.1, -0.05) is 35.8 Å². The molecule has 0 aliphatic carbocycles. The monoisotopic (exact) mass is 279 g/mol. The number of anilines is 1. The van der Waals surface area contributed by atoms with E-state index in [4.69, 9.17) is 21.9 Å². The molecular weight excluding hydrogens is 266 g/mol. The van der Waals surface area contributed by atoms with Gasteiger partial charge in [0.25, 0.3) is 5.91 Å². The summed E-state index contributed by atoms with van der Waals surface area (Å²) in [5.74, 6) is -0.240. The molecule has 0 atom stereocenters.